The van der Waals surface area contributed by atoms with Gasteiger partial charge in [-0.2, -0.15) is 0 Å². The molecule has 0 saturated carbocycles. The highest BCUT2D eigenvalue weighted by Crippen LogP contribution is 2.25. The number of carboxylic acid groups (broad SMARTS) is 1. The number of rotatable bonds is 3. The normalized spacial score (nSPS) is 10.4. The molecule has 1 aromatic carbocycles. The number of hydrogen-bond donors (Lipinski definition) is 1. The van der Waals surface area contributed by atoms with E-state index in [9.17, 15) is 4.79 Å². The van der Waals surface area contributed by atoms with Crippen LogP contribution in [0.4, 0.5) is 0 Å². The van der Waals surface area contributed by atoms with Gasteiger partial charge in [-0.25, -0.2) is 4.79 Å². The van der Waals surface area contributed by atoms with E-state index in [-0.39, 0.29) is 17.3 Å². The van der Waals surface area contributed by atoms with E-state index in [0.29, 0.717) is 11.3 Å². The van der Waals surface area contributed by atoms with E-state index in [0.717, 1.165) is 0 Å². The van der Waals surface area contributed by atoms with Gasteiger partial charge in [0.05, 0.1) is 11.1 Å². The number of hydrogen-bond acceptors (Lipinski definition) is 5. The van der Waals surface area contributed by atoms with Crippen molar-refractivity contribution in [3.63, 3.8) is 0 Å². The maximum Gasteiger partial charge on any atom is 0.336 e. The average molecular weight is 267 g/mol. The van der Waals surface area contributed by atoms with Crippen LogP contribution in [0.25, 0.3) is 23.0 Å². The fraction of sp³-hybridized carbons (Fsp3) is 0. The molecule has 6 heteroatoms. The number of benzene rings is 1. The van der Waals surface area contributed by atoms with Crippen molar-refractivity contribution in [1.82, 2.24) is 15.2 Å². The number of nitrogens with zero attached hydrogens (tertiary/aromatic N) is 3. The Morgan fingerprint density at radius 1 is 1.00 bits per heavy atom. The van der Waals surface area contributed by atoms with Crippen LogP contribution in [0, 0.1) is 0 Å². The van der Waals surface area contributed by atoms with Gasteiger partial charge in [0.1, 0.15) is 5.69 Å². The van der Waals surface area contributed by atoms with Gasteiger partial charge in [0.2, 0.25) is 5.89 Å². The second kappa shape index (κ2) is 4.93. The van der Waals surface area contributed by atoms with Gasteiger partial charge in [-0.3, -0.25) is 4.98 Å². The van der Waals surface area contributed by atoms with Gasteiger partial charge >= 0.3 is 5.97 Å². The van der Waals surface area contributed by atoms with Crippen LogP contribution in [0.15, 0.2) is 53.1 Å². The summed E-state index contributed by atoms with van der Waals surface area (Å²) in [6, 6.07) is 11.8. The molecule has 20 heavy (non-hydrogen) atoms. The molecule has 98 valence electrons. The number of aromatic nitrogens is 3. The van der Waals surface area contributed by atoms with Crippen LogP contribution in [0.2, 0.25) is 0 Å². The van der Waals surface area contributed by atoms with Crippen molar-refractivity contribution < 1.29 is 14.3 Å². The van der Waals surface area contributed by atoms with Crippen molar-refractivity contribution in [2.24, 2.45) is 0 Å². The zero-order chi connectivity index (χ0) is 13.9. The Kier molecular flexibility index (Phi) is 2.96. The molecule has 0 spiro atoms. The van der Waals surface area contributed by atoms with Crippen LogP contribution in [0.5, 0.6) is 0 Å². The molecule has 0 atom stereocenters. The lowest BCUT2D eigenvalue weighted by molar-refractivity contribution is 0.0697. The second-order valence-electron chi connectivity index (χ2n) is 3.98. The third kappa shape index (κ3) is 2.14. The maximum atomic E-state index is 11.2. The first-order chi connectivity index (χ1) is 9.75. The smallest absolute Gasteiger partial charge is 0.336 e. The summed E-state index contributed by atoms with van der Waals surface area (Å²) < 4.78 is 5.50. The minimum atomic E-state index is -1.04. The first-order valence-corrected chi connectivity index (χ1v) is 5.83. The Hall–Kier alpha value is -3.02. The molecule has 2 heterocycles. The Morgan fingerprint density at radius 2 is 1.75 bits per heavy atom. The Labute approximate surface area is 113 Å². The van der Waals surface area contributed by atoms with Crippen molar-refractivity contribution >= 4 is 5.97 Å². The molecule has 3 rings (SSSR count). The van der Waals surface area contributed by atoms with Crippen LogP contribution < -0.4 is 0 Å². The van der Waals surface area contributed by atoms with Gasteiger partial charge in [0, 0.05) is 6.20 Å². The zero-order valence-corrected chi connectivity index (χ0v) is 10.2. The minimum Gasteiger partial charge on any atom is -0.478 e. The van der Waals surface area contributed by atoms with E-state index < -0.39 is 5.97 Å². The highest BCUT2D eigenvalue weighted by molar-refractivity contribution is 5.94. The van der Waals surface area contributed by atoms with Gasteiger partial charge in [0.15, 0.2) is 0 Å². The highest BCUT2D eigenvalue weighted by atomic mass is 16.4. The molecular weight excluding hydrogens is 258 g/mol. The van der Waals surface area contributed by atoms with Crippen LogP contribution in [0.3, 0.4) is 0 Å². The predicted molar refractivity (Wildman–Crippen MR) is 69.9 cm³/mol. The third-order valence-electron chi connectivity index (χ3n) is 2.70. The van der Waals surface area contributed by atoms with Crippen molar-refractivity contribution in [2.75, 3.05) is 0 Å². The van der Waals surface area contributed by atoms with E-state index in [1.807, 2.05) is 0 Å². The standard InChI is InChI=1S/C14H9N3O3/c18-14(19)10-6-2-1-5-9(10)12-16-17-13(20-12)11-7-3-4-8-15-11/h1-8H,(H,18,19). The van der Waals surface area contributed by atoms with E-state index in [2.05, 4.69) is 15.2 Å². The lowest BCUT2D eigenvalue weighted by Crippen LogP contribution is -1.98. The molecule has 0 amide bonds. The molecular formula is C14H9N3O3. The Balaban J connectivity index is 2.05. The van der Waals surface area contributed by atoms with Crippen LogP contribution in [-0.4, -0.2) is 26.3 Å². The molecule has 0 aliphatic heterocycles. The van der Waals surface area contributed by atoms with Gasteiger partial charge in [-0.15, -0.1) is 10.2 Å². The molecule has 0 fully saturated rings. The van der Waals surface area contributed by atoms with Crippen LogP contribution >= 0.6 is 0 Å². The molecule has 3 aromatic rings. The molecule has 0 saturated heterocycles. The van der Waals surface area contributed by atoms with E-state index in [4.69, 9.17) is 9.52 Å². The Bertz CT molecular complexity index is 753. The van der Waals surface area contributed by atoms with E-state index in [1.54, 1.807) is 42.6 Å². The van der Waals surface area contributed by atoms with Gasteiger partial charge in [-0.1, -0.05) is 18.2 Å². The number of carboxylic acids is 1. The summed E-state index contributed by atoms with van der Waals surface area (Å²) in [4.78, 5) is 15.3. The summed E-state index contributed by atoms with van der Waals surface area (Å²) in [6.07, 6.45) is 1.62. The molecule has 2 aromatic heterocycles. The van der Waals surface area contributed by atoms with Gasteiger partial charge < -0.3 is 9.52 Å². The molecule has 0 radical (unpaired) electrons. The minimum absolute atomic E-state index is 0.115. The van der Waals surface area contributed by atoms with Crippen LogP contribution in [-0.2, 0) is 0 Å². The number of carbonyl (C=O) groups is 1. The summed E-state index contributed by atoms with van der Waals surface area (Å²) in [6.45, 7) is 0. The van der Waals surface area contributed by atoms with Crippen LogP contribution in [0.1, 0.15) is 10.4 Å². The molecule has 1 N–H and O–H groups in total. The summed E-state index contributed by atoms with van der Waals surface area (Å²) >= 11 is 0. The monoisotopic (exact) mass is 267 g/mol. The summed E-state index contributed by atoms with van der Waals surface area (Å²) in [5.41, 5.74) is 1.04. The lowest BCUT2D eigenvalue weighted by Gasteiger charge is -2.00. The van der Waals surface area contributed by atoms with Crippen molar-refractivity contribution in [1.29, 1.82) is 0 Å². The summed E-state index contributed by atoms with van der Waals surface area (Å²) in [5, 5.41) is 16.9. The van der Waals surface area contributed by atoms with Gasteiger partial charge in [-0.05, 0) is 24.3 Å². The molecule has 6 nitrogen and oxygen atoms in total. The number of pyridine rings is 1. The quantitative estimate of drug-likeness (QED) is 0.784. The molecule has 0 bridgehead atoms. The third-order valence-corrected chi connectivity index (χ3v) is 2.70. The first kappa shape index (κ1) is 12.0. The molecule has 0 aliphatic rings. The topological polar surface area (TPSA) is 89.1 Å². The molecule has 0 aliphatic carbocycles. The van der Waals surface area contributed by atoms with E-state index in [1.165, 1.54) is 6.07 Å². The number of aromatic carboxylic acids is 1. The zero-order valence-electron chi connectivity index (χ0n) is 10.2. The average Bonchev–Trinajstić information content (AvgIpc) is 2.98. The highest BCUT2D eigenvalue weighted by Gasteiger charge is 2.17. The predicted octanol–water partition coefficient (Wildman–Crippen LogP) is 2.50. The van der Waals surface area contributed by atoms with Crippen molar-refractivity contribution in [2.45, 2.75) is 0 Å². The van der Waals surface area contributed by atoms with Gasteiger partial charge in [0.25, 0.3) is 5.89 Å². The fourth-order valence-electron chi connectivity index (χ4n) is 1.78. The fourth-order valence-corrected chi connectivity index (χ4v) is 1.78. The largest absolute Gasteiger partial charge is 0.478 e. The maximum absolute atomic E-state index is 11.2. The lowest BCUT2D eigenvalue weighted by atomic mass is 10.1. The first-order valence-electron chi connectivity index (χ1n) is 5.83. The Morgan fingerprint density at radius 3 is 2.50 bits per heavy atom. The van der Waals surface area contributed by atoms with Crippen molar-refractivity contribution in [3.05, 3.63) is 54.2 Å². The molecule has 0 unspecified atom stereocenters. The second-order valence-corrected chi connectivity index (χ2v) is 3.98. The summed E-state index contributed by atoms with van der Waals surface area (Å²) in [7, 11) is 0. The van der Waals surface area contributed by atoms with E-state index >= 15 is 0 Å². The SMILES string of the molecule is O=C(O)c1ccccc1-c1nnc(-c2ccccn2)o1. The summed E-state index contributed by atoms with van der Waals surface area (Å²) in [5.74, 6) is -0.636. The van der Waals surface area contributed by atoms with Crippen molar-refractivity contribution in [3.8, 4) is 23.0 Å².